The summed E-state index contributed by atoms with van der Waals surface area (Å²) in [5.41, 5.74) is 0.314. The molecule has 5 rings (SSSR count). The Morgan fingerprint density at radius 3 is 2.25 bits per heavy atom. The van der Waals surface area contributed by atoms with E-state index < -0.39 is 17.4 Å². The molecule has 3 heterocycles. The fourth-order valence-electron chi connectivity index (χ4n) is 3.27. The fourth-order valence-corrected chi connectivity index (χ4v) is 3.27. The number of nitrogens with zero attached hydrogens (tertiary/aromatic N) is 2. The van der Waals surface area contributed by atoms with Crippen molar-refractivity contribution in [3.05, 3.63) is 65.7 Å². The zero-order valence-corrected chi connectivity index (χ0v) is 14.2. The summed E-state index contributed by atoms with van der Waals surface area (Å²) in [6.45, 7) is 0.0238. The van der Waals surface area contributed by atoms with Gasteiger partial charge in [0, 0.05) is 11.1 Å². The van der Waals surface area contributed by atoms with Gasteiger partial charge in [-0.3, -0.25) is 0 Å². The van der Waals surface area contributed by atoms with E-state index in [2.05, 4.69) is 10.3 Å². The average Bonchev–Trinajstić information content (AvgIpc) is 3.32. The molecular weight excluding hydrogens is 373 g/mol. The van der Waals surface area contributed by atoms with Crippen molar-refractivity contribution >= 4 is 0 Å². The van der Waals surface area contributed by atoms with E-state index >= 15 is 0 Å². The number of ether oxygens (including phenoxy) is 1. The quantitative estimate of drug-likeness (QED) is 0.452. The number of alkyl halides is 3. The molecule has 0 N–H and O–H groups in total. The van der Waals surface area contributed by atoms with E-state index in [0.717, 1.165) is 0 Å². The number of benzene rings is 2. The summed E-state index contributed by atoms with van der Waals surface area (Å²) in [6, 6.07) is 15.1. The summed E-state index contributed by atoms with van der Waals surface area (Å²) in [6.07, 6.45) is -4.70. The Labute approximate surface area is 156 Å². The first-order valence-corrected chi connectivity index (χ1v) is 8.37. The molecule has 8 heteroatoms. The molecule has 0 saturated carbocycles. The Balaban J connectivity index is 1.71. The van der Waals surface area contributed by atoms with Crippen molar-refractivity contribution in [2.75, 3.05) is 0 Å². The Hall–Kier alpha value is -3.55. The summed E-state index contributed by atoms with van der Waals surface area (Å²) in [5, 5.41) is 7.66. The van der Waals surface area contributed by atoms with Crippen molar-refractivity contribution in [2.45, 2.75) is 12.8 Å². The first kappa shape index (κ1) is 16.6. The number of hydrogen-bond acceptors (Lipinski definition) is 5. The zero-order valence-electron chi connectivity index (χ0n) is 14.2. The fraction of sp³-hybridized carbons (Fsp3) is 0.100. The molecule has 140 valence electrons. The van der Waals surface area contributed by atoms with Crippen molar-refractivity contribution in [1.29, 1.82) is 0 Å². The minimum Gasteiger partial charge on any atom is -0.488 e. The molecule has 28 heavy (non-hydrogen) atoms. The Kier molecular flexibility index (Phi) is 3.55. The third-order valence-corrected chi connectivity index (χ3v) is 4.53. The van der Waals surface area contributed by atoms with Crippen LogP contribution in [0.4, 0.5) is 13.2 Å². The van der Waals surface area contributed by atoms with Crippen molar-refractivity contribution < 1.29 is 27.0 Å². The SMILES string of the molecule is FC(F)(F)c1c(-c2onc3c2COc2ccccc2-3)noc1-c1ccccc1. The van der Waals surface area contributed by atoms with Crippen LogP contribution in [0.2, 0.25) is 0 Å². The maximum Gasteiger partial charge on any atom is 0.422 e. The summed E-state index contributed by atoms with van der Waals surface area (Å²) < 4.78 is 57.7. The number of rotatable bonds is 2. The largest absolute Gasteiger partial charge is 0.488 e. The van der Waals surface area contributed by atoms with Gasteiger partial charge in [-0.2, -0.15) is 13.2 Å². The second-order valence-electron chi connectivity index (χ2n) is 6.22. The summed E-state index contributed by atoms with van der Waals surface area (Å²) in [5.74, 6) is 0.115. The maximum atomic E-state index is 13.9. The Bertz CT molecular complexity index is 1160. The molecule has 0 unspecified atom stereocenters. The maximum absolute atomic E-state index is 13.9. The molecule has 1 aliphatic heterocycles. The van der Waals surface area contributed by atoms with Gasteiger partial charge in [-0.05, 0) is 12.1 Å². The molecule has 4 aromatic rings. The third-order valence-electron chi connectivity index (χ3n) is 4.53. The van der Waals surface area contributed by atoms with Crippen LogP contribution < -0.4 is 4.74 Å². The molecule has 0 aliphatic carbocycles. The standard InChI is InChI=1S/C20H11F3N2O3/c21-20(22,23)15-17(25-27-18(15)11-6-2-1-3-7-11)19-13-10-26-14-9-5-4-8-12(14)16(13)24-28-19/h1-9H,10H2. The predicted octanol–water partition coefficient (Wildman–Crippen LogP) is 5.57. The normalized spacial score (nSPS) is 13.0. The molecule has 0 amide bonds. The molecular formula is C20H11F3N2O3. The van der Waals surface area contributed by atoms with Gasteiger partial charge in [-0.15, -0.1) is 0 Å². The van der Waals surface area contributed by atoms with E-state index in [-0.39, 0.29) is 23.7 Å². The summed E-state index contributed by atoms with van der Waals surface area (Å²) >= 11 is 0. The number of hydrogen-bond donors (Lipinski definition) is 0. The van der Waals surface area contributed by atoms with Crippen LogP contribution >= 0.6 is 0 Å². The highest BCUT2D eigenvalue weighted by atomic mass is 19.4. The average molecular weight is 384 g/mol. The van der Waals surface area contributed by atoms with Crippen LogP contribution in [0.25, 0.3) is 34.0 Å². The van der Waals surface area contributed by atoms with Crippen molar-refractivity contribution in [2.24, 2.45) is 0 Å². The van der Waals surface area contributed by atoms with E-state index in [0.29, 0.717) is 22.6 Å². The molecule has 0 fully saturated rings. The van der Waals surface area contributed by atoms with Crippen LogP contribution in [0, 0.1) is 0 Å². The Morgan fingerprint density at radius 2 is 1.46 bits per heavy atom. The van der Waals surface area contributed by atoms with E-state index in [1.165, 1.54) is 12.1 Å². The summed E-state index contributed by atoms with van der Waals surface area (Å²) in [4.78, 5) is 0. The number of aromatic nitrogens is 2. The minimum atomic E-state index is -4.70. The van der Waals surface area contributed by atoms with Crippen molar-refractivity contribution in [1.82, 2.24) is 10.3 Å². The zero-order chi connectivity index (χ0) is 19.3. The van der Waals surface area contributed by atoms with Gasteiger partial charge in [0.05, 0.1) is 5.56 Å². The smallest absolute Gasteiger partial charge is 0.422 e. The highest BCUT2D eigenvalue weighted by Crippen LogP contribution is 2.46. The van der Waals surface area contributed by atoms with Crippen LogP contribution in [0.5, 0.6) is 5.75 Å². The van der Waals surface area contributed by atoms with Gasteiger partial charge in [-0.25, -0.2) is 0 Å². The lowest BCUT2D eigenvalue weighted by Gasteiger charge is -2.16. The molecule has 2 aromatic carbocycles. The second kappa shape index (κ2) is 5.98. The summed E-state index contributed by atoms with van der Waals surface area (Å²) in [7, 11) is 0. The molecule has 0 spiro atoms. The molecule has 2 aromatic heterocycles. The monoisotopic (exact) mass is 384 g/mol. The van der Waals surface area contributed by atoms with Crippen LogP contribution in [0.15, 0.2) is 63.6 Å². The predicted molar refractivity (Wildman–Crippen MR) is 92.2 cm³/mol. The van der Waals surface area contributed by atoms with Crippen LogP contribution in [0.3, 0.4) is 0 Å². The molecule has 0 atom stereocenters. The molecule has 5 nitrogen and oxygen atoms in total. The van der Waals surface area contributed by atoms with Gasteiger partial charge in [-0.1, -0.05) is 52.8 Å². The lowest BCUT2D eigenvalue weighted by Crippen LogP contribution is -2.09. The minimum absolute atomic E-state index is 0.0238. The van der Waals surface area contributed by atoms with E-state index in [1.807, 2.05) is 0 Å². The van der Waals surface area contributed by atoms with Crippen molar-refractivity contribution in [3.63, 3.8) is 0 Å². The van der Waals surface area contributed by atoms with Gasteiger partial charge in [0.2, 0.25) is 0 Å². The van der Waals surface area contributed by atoms with E-state index in [1.54, 1.807) is 42.5 Å². The number of fused-ring (bicyclic) bond motifs is 3. The molecule has 1 aliphatic rings. The Morgan fingerprint density at radius 1 is 0.786 bits per heavy atom. The number of halogens is 3. The molecule has 0 saturated heterocycles. The van der Waals surface area contributed by atoms with E-state index in [4.69, 9.17) is 13.8 Å². The van der Waals surface area contributed by atoms with Crippen LogP contribution in [-0.4, -0.2) is 10.3 Å². The van der Waals surface area contributed by atoms with Gasteiger partial charge >= 0.3 is 6.18 Å². The van der Waals surface area contributed by atoms with Crippen LogP contribution in [0.1, 0.15) is 11.1 Å². The topological polar surface area (TPSA) is 61.3 Å². The van der Waals surface area contributed by atoms with Gasteiger partial charge < -0.3 is 13.8 Å². The van der Waals surface area contributed by atoms with Gasteiger partial charge in [0.1, 0.15) is 23.6 Å². The van der Waals surface area contributed by atoms with Crippen molar-refractivity contribution in [3.8, 4) is 39.8 Å². The number of para-hydroxylation sites is 1. The molecule has 0 bridgehead atoms. The second-order valence-corrected chi connectivity index (χ2v) is 6.22. The van der Waals surface area contributed by atoms with Gasteiger partial charge in [0.15, 0.2) is 17.2 Å². The highest BCUT2D eigenvalue weighted by Gasteiger charge is 2.43. The van der Waals surface area contributed by atoms with Crippen LogP contribution in [-0.2, 0) is 12.8 Å². The first-order valence-electron chi connectivity index (χ1n) is 8.37. The van der Waals surface area contributed by atoms with Gasteiger partial charge in [0.25, 0.3) is 0 Å². The van der Waals surface area contributed by atoms with E-state index in [9.17, 15) is 13.2 Å². The highest BCUT2D eigenvalue weighted by molar-refractivity contribution is 5.79. The molecule has 0 radical (unpaired) electrons. The lowest BCUT2D eigenvalue weighted by atomic mass is 9.99. The lowest BCUT2D eigenvalue weighted by molar-refractivity contribution is -0.136. The first-order chi connectivity index (χ1) is 13.5. The third kappa shape index (κ3) is 2.49.